The summed E-state index contributed by atoms with van der Waals surface area (Å²) >= 11 is 0. The number of hydrogen-bond acceptors (Lipinski definition) is 3. The molecule has 0 unspecified atom stereocenters. The fourth-order valence-corrected chi connectivity index (χ4v) is 2.97. The van der Waals surface area contributed by atoms with E-state index in [4.69, 9.17) is 9.57 Å². The Morgan fingerprint density at radius 3 is 2.62 bits per heavy atom. The van der Waals surface area contributed by atoms with Crippen LogP contribution in [0.5, 0.6) is 5.75 Å². The summed E-state index contributed by atoms with van der Waals surface area (Å²) in [6, 6.07) is 18.1. The van der Waals surface area contributed by atoms with E-state index < -0.39 is 5.60 Å². The van der Waals surface area contributed by atoms with Crippen molar-refractivity contribution in [2.75, 3.05) is 0 Å². The van der Waals surface area contributed by atoms with Crippen LogP contribution in [0.3, 0.4) is 0 Å². The van der Waals surface area contributed by atoms with Crippen LogP contribution in [0.15, 0.2) is 71.6 Å². The number of ether oxygens (including phenoxy) is 1. The van der Waals surface area contributed by atoms with Gasteiger partial charge in [-0.2, -0.15) is 0 Å². The molecule has 0 saturated heterocycles. The number of nitrogens with zero attached hydrogens (tertiary/aromatic N) is 1. The number of benzene rings is 2. The van der Waals surface area contributed by atoms with Crippen molar-refractivity contribution in [1.82, 2.24) is 0 Å². The van der Waals surface area contributed by atoms with Crippen molar-refractivity contribution < 1.29 is 9.57 Å². The van der Waals surface area contributed by atoms with Crippen molar-refractivity contribution in [2.45, 2.75) is 18.9 Å². The Bertz CT molecular complexity index is 749. The van der Waals surface area contributed by atoms with E-state index in [1.807, 2.05) is 55.5 Å². The zero-order valence-electron chi connectivity index (χ0n) is 11.7. The van der Waals surface area contributed by atoms with E-state index >= 15 is 0 Å². The number of rotatable bonds is 1. The molecule has 0 bridgehead atoms. The summed E-state index contributed by atoms with van der Waals surface area (Å²) in [5.41, 5.74) is 2.57. The zero-order valence-corrected chi connectivity index (χ0v) is 11.7. The topological polar surface area (TPSA) is 30.8 Å². The lowest BCUT2D eigenvalue weighted by Crippen LogP contribution is -2.28. The van der Waals surface area contributed by atoms with Gasteiger partial charge in [0.05, 0.1) is 5.71 Å². The van der Waals surface area contributed by atoms with Gasteiger partial charge in [0.25, 0.3) is 0 Å². The number of hydrogen-bond donors (Lipinski definition) is 0. The third kappa shape index (κ3) is 1.93. The van der Waals surface area contributed by atoms with Crippen molar-refractivity contribution in [3.8, 4) is 5.75 Å². The van der Waals surface area contributed by atoms with Crippen LogP contribution in [0, 0.1) is 0 Å². The maximum Gasteiger partial charge on any atom is 0.193 e. The molecule has 4 rings (SSSR count). The minimum absolute atomic E-state index is 0.538. The smallest absolute Gasteiger partial charge is 0.193 e. The van der Waals surface area contributed by atoms with Gasteiger partial charge in [-0.15, -0.1) is 0 Å². The molecular formula is C18H15NO2. The minimum atomic E-state index is -0.538. The summed E-state index contributed by atoms with van der Waals surface area (Å²) in [5, 5.41) is 4.33. The van der Waals surface area contributed by atoms with Gasteiger partial charge in [-0.05, 0) is 18.6 Å². The second-order valence-corrected chi connectivity index (χ2v) is 5.41. The van der Waals surface area contributed by atoms with Crippen LogP contribution < -0.4 is 4.74 Å². The molecule has 0 fully saturated rings. The highest BCUT2D eigenvalue weighted by Gasteiger charge is 2.44. The lowest BCUT2D eigenvalue weighted by molar-refractivity contribution is 0.00959. The van der Waals surface area contributed by atoms with Crippen LogP contribution in [0.4, 0.5) is 0 Å². The molecule has 0 saturated carbocycles. The predicted molar refractivity (Wildman–Crippen MR) is 81.2 cm³/mol. The monoisotopic (exact) mass is 277 g/mol. The van der Waals surface area contributed by atoms with Crippen molar-refractivity contribution in [3.05, 3.63) is 77.6 Å². The molecule has 104 valence electrons. The van der Waals surface area contributed by atoms with E-state index in [1.165, 1.54) is 0 Å². The first-order chi connectivity index (χ1) is 10.3. The summed E-state index contributed by atoms with van der Waals surface area (Å²) in [5.74, 6) is 1.69. The molecule has 0 aromatic heterocycles. The number of para-hydroxylation sites is 1. The van der Waals surface area contributed by atoms with Crippen LogP contribution in [0.1, 0.15) is 24.5 Å². The van der Waals surface area contributed by atoms with E-state index in [9.17, 15) is 0 Å². The normalized spacial score (nSPS) is 22.9. The first-order valence-electron chi connectivity index (χ1n) is 7.04. The Morgan fingerprint density at radius 1 is 1.00 bits per heavy atom. The highest BCUT2D eigenvalue weighted by molar-refractivity contribution is 6.02. The number of allylic oxidation sites excluding steroid dienone is 1. The quantitative estimate of drug-likeness (QED) is 0.788. The molecule has 2 aliphatic rings. The van der Waals surface area contributed by atoms with Crippen LogP contribution >= 0.6 is 0 Å². The van der Waals surface area contributed by atoms with Gasteiger partial charge in [0.15, 0.2) is 5.60 Å². The Morgan fingerprint density at radius 2 is 1.76 bits per heavy atom. The number of fused-ring (bicyclic) bond motifs is 2. The third-order valence-electron chi connectivity index (χ3n) is 3.91. The van der Waals surface area contributed by atoms with E-state index in [0.29, 0.717) is 6.42 Å². The second kappa shape index (κ2) is 4.48. The zero-order chi connectivity index (χ0) is 14.3. The summed E-state index contributed by atoms with van der Waals surface area (Å²) in [6.07, 6.45) is 2.74. The van der Waals surface area contributed by atoms with Crippen molar-refractivity contribution in [3.63, 3.8) is 0 Å². The van der Waals surface area contributed by atoms with E-state index in [2.05, 4.69) is 17.3 Å². The van der Waals surface area contributed by atoms with Crippen LogP contribution in [0.25, 0.3) is 0 Å². The molecule has 3 nitrogen and oxygen atoms in total. The SMILES string of the molecule is CC1=C[C@@]2(CC(c3ccccc3)=NO2)c2ccccc2O1. The molecule has 1 atom stereocenters. The van der Waals surface area contributed by atoms with Crippen LogP contribution in [-0.2, 0) is 10.4 Å². The van der Waals surface area contributed by atoms with Crippen molar-refractivity contribution in [1.29, 1.82) is 0 Å². The molecule has 2 aromatic rings. The molecular weight excluding hydrogens is 262 g/mol. The average Bonchev–Trinajstić information content (AvgIpc) is 2.93. The van der Waals surface area contributed by atoms with Gasteiger partial charge in [-0.3, -0.25) is 0 Å². The predicted octanol–water partition coefficient (Wildman–Crippen LogP) is 4.00. The molecule has 21 heavy (non-hydrogen) atoms. The standard InChI is InChI=1S/C18H15NO2/c1-13-11-18(15-9-5-6-10-17(15)20-13)12-16(19-21-18)14-7-3-2-4-8-14/h2-11H,12H2,1H3/t18-/m1/s1. The van der Waals surface area contributed by atoms with Gasteiger partial charge in [-0.1, -0.05) is 53.7 Å². The third-order valence-corrected chi connectivity index (χ3v) is 3.91. The molecule has 0 N–H and O–H groups in total. The Hall–Kier alpha value is -2.55. The van der Waals surface area contributed by atoms with E-state index in [0.717, 1.165) is 28.3 Å². The van der Waals surface area contributed by atoms with E-state index in [-0.39, 0.29) is 0 Å². The molecule has 0 amide bonds. The Labute approximate surface area is 123 Å². The first-order valence-corrected chi connectivity index (χ1v) is 7.04. The molecule has 0 radical (unpaired) electrons. The van der Waals surface area contributed by atoms with Crippen molar-refractivity contribution >= 4 is 5.71 Å². The number of oxime groups is 1. The lowest BCUT2D eigenvalue weighted by atomic mass is 9.85. The minimum Gasteiger partial charge on any atom is -0.462 e. The highest BCUT2D eigenvalue weighted by atomic mass is 16.7. The highest BCUT2D eigenvalue weighted by Crippen LogP contribution is 2.45. The molecule has 3 heteroatoms. The van der Waals surface area contributed by atoms with Gasteiger partial charge in [0, 0.05) is 18.1 Å². The van der Waals surface area contributed by atoms with Gasteiger partial charge >= 0.3 is 0 Å². The van der Waals surface area contributed by atoms with Crippen LogP contribution in [-0.4, -0.2) is 5.71 Å². The van der Waals surface area contributed by atoms with Crippen molar-refractivity contribution in [2.24, 2.45) is 5.16 Å². The largest absolute Gasteiger partial charge is 0.462 e. The fraction of sp³-hybridized carbons (Fsp3) is 0.167. The summed E-state index contributed by atoms with van der Waals surface area (Å²) in [4.78, 5) is 5.88. The average molecular weight is 277 g/mol. The van der Waals surface area contributed by atoms with Gasteiger partial charge < -0.3 is 9.57 Å². The molecule has 0 aliphatic carbocycles. The molecule has 2 aromatic carbocycles. The first kappa shape index (κ1) is 12.2. The summed E-state index contributed by atoms with van der Waals surface area (Å²) in [6.45, 7) is 1.95. The van der Waals surface area contributed by atoms with Gasteiger partial charge in [0.1, 0.15) is 11.5 Å². The summed E-state index contributed by atoms with van der Waals surface area (Å²) in [7, 11) is 0. The molecule has 1 spiro atoms. The second-order valence-electron chi connectivity index (χ2n) is 5.41. The van der Waals surface area contributed by atoms with E-state index in [1.54, 1.807) is 0 Å². The Balaban J connectivity index is 1.75. The van der Waals surface area contributed by atoms with Crippen LogP contribution in [0.2, 0.25) is 0 Å². The lowest BCUT2D eigenvalue weighted by Gasteiger charge is -2.30. The Kier molecular flexibility index (Phi) is 2.61. The fourth-order valence-electron chi connectivity index (χ4n) is 2.97. The maximum atomic E-state index is 5.88. The maximum absolute atomic E-state index is 5.88. The molecule has 2 aliphatic heterocycles. The van der Waals surface area contributed by atoms with Gasteiger partial charge in [-0.25, -0.2) is 0 Å². The summed E-state index contributed by atoms with van der Waals surface area (Å²) < 4.78 is 5.79. The molecule has 2 heterocycles. The van der Waals surface area contributed by atoms with Gasteiger partial charge in [0.2, 0.25) is 0 Å².